The third kappa shape index (κ3) is 3.54. The van der Waals surface area contributed by atoms with Crippen LogP contribution in [0.25, 0.3) is 15.9 Å². The Balaban J connectivity index is 1.50. The van der Waals surface area contributed by atoms with Gasteiger partial charge in [-0.15, -0.1) is 21.5 Å². The van der Waals surface area contributed by atoms with Crippen molar-refractivity contribution < 1.29 is 9.72 Å². The predicted molar refractivity (Wildman–Crippen MR) is 113 cm³/mol. The molecule has 0 radical (unpaired) electrons. The van der Waals surface area contributed by atoms with Gasteiger partial charge in [-0.25, -0.2) is 4.98 Å². The number of hydrogen-bond acceptors (Lipinski definition) is 8. The molecule has 148 valence electrons. The number of nitro groups is 1. The Kier molecular flexibility index (Phi) is 4.92. The largest absolute Gasteiger partial charge is 0.325 e. The lowest BCUT2D eigenvalue weighted by atomic mass is 10.2. The van der Waals surface area contributed by atoms with Gasteiger partial charge < -0.3 is 5.32 Å². The van der Waals surface area contributed by atoms with E-state index in [1.807, 2.05) is 6.92 Å². The number of carbonyl (C=O) groups excluding carboxylic acids is 1. The number of nitro benzene ring substituents is 1. The number of thiophene rings is 1. The molecule has 1 aromatic carbocycles. The first-order chi connectivity index (χ1) is 13.8. The summed E-state index contributed by atoms with van der Waals surface area (Å²) < 4.78 is 1.79. The Morgan fingerprint density at radius 2 is 2.10 bits per heavy atom. The second-order valence-corrected chi connectivity index (χ2v) is 8.62. The Labute approximate surface area is 173 Å². The van der Waals surface area contributed by atoms with E-state index in [1.165, 1.54) is 34.8 Å². The first-order valence-electron chi connectivity index (χ1n) is 8.62. The first kappa shape index (κ1) is 19.3. The van der Waals surface area contributed by atoms with Crippen molar-refractivity contribution in [1.29, 1.82) is 0 Å². The predicted octanol–water partition coefficient (Wildman–Crippen LogP) is 3.90. The minimum absolute atomic E-state index is 0.0115. The lowest BCUT2D eigenvalue weighted by molar-refractivity contribution is -0.384. The fourth-order valence-electron chi connectivity index (χ4n) is 2.94. The van der Waals surface area contributed by atoms with Gasteiger partial charge in [-0.2, -0.15) is 0 Å². The van der Waals surface area contributed by atoms with Crippen LogP contribution >= 0.6 is 23.1 Å². The SMILES string of the molecule is Cc1cc([N+](=O)[O-])ccc1NC(=O)CSc1nnc2c3c(C)c(C)sc3ncn12. The first-order valence-corrected chi connectivity index (χ1v) is 10.4. The van der Waals surface area contributed by atoms with Crippen molar-refractivity contribution >= 4 is 56.2 Å². The number of aryl methyl sites for hydroxylation is 3. The molecule has 0 unspecified atom stereocenters. The highest BCUT2D eigenvalue weighted by atomic mass is 32.2. The zero-order valence-electron chi connectivity index (χ0n) is 15.8. The van der Waals surface area contributed by atoms with Crippen LogP contribution in [0.4, 0.5) is 11.4 Å². The number of hydrogen-bond donors (Lipinski definition) is 1. The number of non-ortho nitro benzene ring substituents is 1. The number of nitrogens with zero attached hydrogens (tertiary/aromatic N) is 5. The van der Waals surface area contributed by atoms with E-state index in [9.17, 15) is 14.9 Å². The fraction of sp³-hybridized carbons (Fsp3) is 0.222. The van der Waals surface area contributed by atoms with Crippen molar-refractivity contribution in [2.45, 2.75) is 25.9 Å². The molecule has 0 aliphatic heterocycles. The summed E-state index contributed by atoms with van der Waals surface area (Å²) in [7, 11) is 0. The number of nitrogens with one attached hydrogen (secondary N) is 1. The molecular formula is C18H16N6O3S2. The van der Waals surface area contributed by atoms with Gasteiger partial charge in [-0.3, -0.25) is 19.3 Å². The number of fused-ring (bicyclic) bond motifs is 3. The summed E-state index contributed by atoms with van der Waals surface area (Å²) >= 11 is 2.87. The molecule has 1 amide bonds. The highest BCUT2D eigenvalue weighted by Gasteiger charge is 2.16. The molecule has 29 heavy (non-hydrogen) atoms. The van der Waals surface area contributed by atoms with E-state index >= 15 is 0 Å². The van der Waals surface area contributed by atoms with E-state index in [2.05, 4.69) is 27.4 Å². The summed E-state index contributed by atoms with van der Waals surface area (Å²) in [6.45, 7) is 5.80. The number of carbonyl (C=O) groups is 1. The lowest BCUT2D eigenvalue weighted by Crippen LogP contribution is -2.15. The van der Waals surface area contributed by atoms with Crippen molar-refractivity contribution in [3.8, 4) is 0 Å². The quantitative estimate of drug-likeness (QED) is 0.291. The van der Waals surface area contributed by atoms with E-state index in [0.717, 1.165) is 21.4 Å². The zero-order chi connectivity index (χ0) is 20.7. The standard InChI is InChI=1S/C18H16N6O3S2/c1-9-6-12(24(26)27)4-5-13(9)20-14(25)7-28-18-22-21-16-15-10(2)11(3)29-17(15)19-8-23(16)18/h4-6,8H,7H2,1-3H3,(H,20,25). The number of rotatable bonds is 5. The molecule has 0 atom stereocenters. The van der Waals surface area contributed by atoms with Crippen LogP contribution < -0.4 is 5.32 Å². The number of benzene rings is 1. The molecule has 3 heterocycles. The molecule has 0 spiro atoms. The molecule has 0 aliphatic rings. The van der Waals surface area contributed by atoms with Crippen molar-refractivity contribution in [2.75, 3.05) is 11.1 Å². The summed E-state index contributed by atoms with van der Waals surface area (Å²) in [4.78, 5) is 29.3. The van der Waals surface area contributed by atoms with Gasteiger partial charge in [-0.05, 0) is 38.0 Å². The van der Waals surface area contributed by atoms with Crippen LogP contribution in [0.2, 0.25) is 0 Å². The fourth-order valence-corrected chi connectivity index (χ4v) is 4.64. The molecule has 4 rings (SSSR count). The Hall–Kier alpha value is -3.05. The summed E-state index contributed by atoms with van der Waals surface area (Å²) in [5, 5.41) is 23.7. The minimum Gasteiger partial charge on any atom is -0.325 e. The average Bonchev–Trinajstić information content (AvgIpc) is 3.22. The van der Waals surface area contributed by atoms with Gasteiger partial charge in [0.15, 0.2) is 10.8 Å². The van der Waals surface area contributed by atoms with Crippen molar-refractivity contribution in [3.63, 3.8) is 0 Å². The third-order valence-electron chi connectivity index (χ3n) is 4.57. The van der Waals surface area contributed by atoms with Gasteiger partial charge in [0.25, 0.3) is 5.69 Å². The molecule has 0 saturated heterocycles. The summed E-state index contributed by atoms with van der Waals surface area (Å²) in [6.07, 6.45) is 1.67. The Bertz CT molecular complexity index is 1280. The van der Waals surface area contributed by atoms with Gasteiger partial charge in [0.1, 0.15) is 11.2 Å². The zero-order valence-corrected chi connectivity index (χ0v) is 17.4. The van der Waals surface area contributed by atoms with Gasteiger partial charge in [-0.1, -0.05) is 11.8 Å². The monoisotopic (exact) mass is 428 g/mol. The highest BCUT2D eigenvalue weighted by Crippen LogP contribution is 2.32. The highest BCUT2D eigenvalue weighted by molar-refractivity contribution is 7.99. The van der Waals surface area contributed by atoms with Crippen LogP contribution in [-0.4, -0.2) is 36.2 Å². The number of amides is 1. The molecule has 3 aromatic heterocycles. The van der Waals surface area contributed by atoms with Crippen LogP contribution in [0.3, 0.4) is 0 Å². The molecule has 11 heteroatoms. The molecule has 0 aliphatic carbocycles. The van der Waals surface area contributed by atoms with Crippen molar-refractivity contribution in [2.24, 2.45) is 0 Å². The molecule has 0 saturated carbocycles. The molecule has 4 aromatic rings. The normalized spacial score (nSPS) is 11.3. The maximum absolute atomic E-state index is 12.3. The smallest absolute Gasteiger partial charge is 0.269 e. The van der Waals surface area contributed by atoms with Crippen LogP contribution in [0.1, 0.15) is 16.0 Å². The molecule has 0 fully saturated rings. The van der Waals surface area contributed by atoms with Gasteiger partial charge in [0, 0.05) is 22.7 Å². The third-order valence-corrected chi connectivity index (χ3v) is 6.63. The minimum atomic E-state index is -0.466. The maximum Gasteiger partial charge on any atom is 0.269 e. The summed E-state index contributed by atoms with van der Waals surface area (Å²) in [5.74, 6) is -0.114. The number of thioether (sulfide) groups is 1. The summed E-state index contributed by atoms with van der Waals surface area (Å²) in [6, 6.07) is 4.33. The van der Waals surface area contributed by atoms with E-state index in [4.69, 9.17) is 0 Å². The number of aromatic nitrogens is 4. The van der Waals surface area contributed by atoms with Crippen molar-refractivity contribution in [3.05, 3.63) is 50.6 Å². The second-order valence-electron chi connectivity index (χ2n) is 6.48. The average molecular weight is 428 g/mol. The topological polar surface area (TPSA) is 115 Å². The maximum atomic E-state index is 12.3. The van der Waals surface area contributed by atoms with Crippen LogP contribution in [0.15, 0.2) is 29.7 Å². The van der Waals surface area contributed by atoms with E-state index in [1.54, 1.807) is 29.0 Å². The van der Waals surface area contributed by atoms with Crippen LogP contribution in [0.5, 0.6) is 0 Å². The van der Waals surface area contributed by atoms with Gasteiger partial charge >= 0.3 is 0 Å². The van der Waals surface area contributed by atoms with E-state index in [0.29, 0.717) is 16.4 Å². The van der Waals surface area contributed by atoms with Crippen LogP contribution in [-0.2, 0) is 4.79 Å². The Morgan fingerprint density at radius 1 is 1.31 bits per heavy atom. The number of anilines is 1. The molecular weight excluding hydrogens is 412 g/mol. The van der Waals surface area contributed by atoms with Gasteiger partial charge in [0.05, 0.1) is 16.1 Å². The molecule has 1 N–H and O–H groups in total. The molecule has 9 nitrogen and oxygen atoms in total. The van der Waals surface area contributed by atoms with Crippen LogP contribution in [0, 0.1) is 30.9 Å². The van der Waals surface area contributed by atoms with Crippen molar-refractivity contribution in [1.82, 2.24) is 19.6 Å². The van der Waals surface area contributed by atoms with E-state index in [-0.39, 0.29) is 17.3 Å². The second kappa shape index (κ2) is 7.41. The Morgan fingerprint density at radius 3 is 2.83 bits per heavy atom. The summed E-state index contributed by atoms with van der Waals surface area (Å²) in [5.41, 5.74) is 3.02. The molecule has 0 bridgehead atoms. The van der Waals surface area contributed by atoms with E-state index < -0.39 is 4.92 Å². The van der Waals surface area contributed by atoms with Gasteiger partial charge in [0.2, 0.25) is 5.91 Å². The lowest BCUT2D eigenvalue weighted by Gasteiger charge is -2.07.